The fourth-order valence-corrected chi connectivity index (χ4v) is 1.44. The molecule has 0 aliphatic rings. The van der Waals surface area contributed by atoms with Crippen LogP contribution in [0.2, 0.25) is 0 Å². The van der Waals surface area contributed by atoms with Gasteiger partial charge in [-0.15, -0.1) is 5.75 Å². The van der Waals surface area contributed by atoms with Crippen molar-refractivity contribution in [1.29, 1.82) is 0 Å². The first-order chi connectivity index (χ1) is 6.84. The van der Waals surface area contributed by atoms with Gasteiger partial charge in [-0.05, 0) is 17.5 Å². The summed E-state index contributed by atoms with van der Waals surface area (Å²) in [7, 11) is 0. The molecule has 0 aliphatic heterocycles. The van der Waals surface area contributed by atoms with Gasteiger partial charge in [0.15, 0.2) is 0 Å². The average Bonchev–Trinajstić information content (AvgIpc) is 2.23. The summed E-state index contributed by atoms with van der Waals surface area (Å²) in [6, 6.07) is 17.2. The van der Waals surface area contributed by atoms with Gasteiger partial charge < -0.3 is 5.11 Å². The third kappa shape index (κ3) is 3.71. The predicted molar refractivity (Wildman–Crippen MR) is 55.1 cm³/mol. The monoisotopic (exact) mass is 206 g/mol. The average molecular weight is 206 g/mol. The van der Waals surface area contributed by atoms with E-state index in [0.717, 1.165) is 6.42 Å². The fourth-order valence-electron chi connectivity index (χ4n) is 1.44. The Morgan fingerprint density at radius 1 is 0.733 bits per heavy atom. The van der Waals surface area contributed by atoms with Crippen molar-refractivity contribution in [3.8, 4) is 5.75 Å². The summed E-state index contributed by atoms with van der Waals surface area (Å²) in [6.45, 7) is 0. The van der Waals surface area contributed by atoms with E-state index in [4.69, 9.17) is 0 Å². The van der Waals surface area contributed by atoms with Crippen LogP contribution in [0.15, 0.2) is 54.6 Å². The smallest absolute Gasteiger partial charge is 0.872 e. The van der Waals surface area contributed by atoms with E-state index in [2.05, 4.69) is 12.1 Å². The molecule has 2 aromatic carbocycles. The number of hydrogen-bond acceptors (Lipinski definition) is 1. The van der Waals surface area contributed by atoms with E-state index in [0.29, 0.717) is 0 Å². The quantitative estimate of drug-likeness (QED) is 0.599. The zero-order valence-electron chi connectivity index (χ0n) is 8.81. The predicted octanol–water partition coefficient (Wildman–Crippen LogP) is -0.645. The van der Waals surface area contributed by atoms with Gasteiger partial charge in [-0.2, -0.15) is 0 Å². The van der Waals surface area contributed by atoms with Crippen LogP contribution in [0.25, 0.3) is 0 Å². The molecule has 0 amide bonds. The van der Waals surface area contributed by atoms with Crippen LogP contribution in [0.3, 0.4) is 0 Å². The number of rotatable bonds is 2. The van der Waals surface area contributed by atoms with Crippen molar-refractivity contribution >= 4 is 0 Å². The van der Waals surface area contributed by atoms with Crippen molar-refractivity contribution in [2.24, 2.45) is 0 Å². The molecule has 2 heteroatoms. The molecule has 0 radical (unpaired) electrons. The summed E-state index contributed by atoms with van der Waals surface area (Å²) < 4.78 is 0. The van der Waals surface area contributed by atoms with E-state index in [-0.39, 0.29) is 35.3 Å². The minimum Gasteiger partial charge on any atom is -0.872 e. The summed E-state index contributed by atoms with van der Waals surface area (Å²) in [5, 5.41) is 10.9. The molecule has 0 unspecified atom stereocenters. The summed E-state index contributed by atoms with van der Waals surface area (Å²) in [6.07, 6.45) is 0.890. The number of hydrogen-bond donors (Lipinski definition) is 0. The summed E-state index contributed by atoms with van der Waals surface area (Å²) in [5.74, 6) is 0.0711. The maximum atomic E-state index is 10.9. The van der Waals surface area contributed by atoms with Gasteiger partial charge in [-0.25, -0.2) is 0 Å². The molecule has 0 spiro atoms. The maximum Gasteiger partial charge on any atom is 1.00 e. The van der Waals surface area contributed by atoms with Gasteiger partial charge in [0.1, 0.15) is 0 Å². The van der Waals surface area contributed by atoms with E-state index >= 15 is 0 Å². The topological polar surface area (TPSA) is 23.1 Å². The molecule has 0 saturated carbocycles. The second-order valence-corrected chi connectivity index (χ2v) is 3.31. The van der Waals surface area contributed by atoms with E-state index in [9.17, 15) is 5.11 Å². The fraction of sp³-hybridized carbons (Fsp3) is 0.0769. The summed E-state index contributed by atoms with van der Waals surface area (Å²) in [5.41, 5.74) is 2.45. The molecular weight excluding hydrogens is 195 g/mol. The van der Waals surface area contributed by atoms with Crippen LogP contribution in [-0.4, -0.2) is 0 Å². The first-order valence-electron chi connectivity index (χ1n) is 4.64. The Hall–Kier alpha value is -0.760. The molecule has 2 rings (SSSR count). The Kier molecular flexibility index (Phi) is 4.89. The Balaban J connectivity index is 0.00000112. The normalized spacial score (nSPS) is 9.33. The molecule has 0 bridgehead atoms. The Morgan fingerprint density at radius 3 is 1.87 bits per heavy atom. The molecular formula is C13H11NaO. The second kappa shape index (κ2) is 5.96. The summed E-state index contributed by atoms with van der Waals surface area (Å²) in [4.78, 5) is 0. The molecule has 0 N–H and O–H groups in total. The third-order valence-electron chi connectivity index (χ3n) is 2.17. The van der Waals surface area contributed by atoms with Crippen molar-refractivity contribution in [1.82, 2.24) is 0 Å². The van der Waals surface area contributed by atoms with E-state index in [1.54, 1.807) is 12.1 Å². The first-order valence-corrected chi connectivity index (χ1v) is 4.64. The van der Waals surface area contributed by atoms with Crippen molar-refractivity contribution in [3.05, 3.63) is 65.7 Å². The van der Waals surface area contributed by atoms with Crippen LogP contribution < -0.4 is 34.7 Å². The van der Waals surface area contributed by atoms with Crippen LogP contribution >= 0.6 is 0 Å². The standard InChI is InChI=1S/C13H12O.Na/c14-13-8-6-12(7-9-13)10-11-4-2-1-3-5-11;/h1-9,14H,10H2;/q;+1/p-1. The molecule has 0 saturated heterocycles. The van der Waals surface area contributed by atoms with Crippen LogP contribution in [0.5, 0.6) is 5.75 Å². The molecule has 70 valence electrons. The van der Waals surface area contributed by atoms with Gasteiger partial charge in [0.05, 0.1) is 0 Å². The molecule has 0 aromatic heterocycles. The molecule has 0 aliphatic carbocycles. The van der Waals surface area contributed by atoms with Crippen LogP contribution in [-0.2, 0) is 6.42 Å². The van der Waals surface area contributed by atoms with Gasteiger partial charge in [0.2, 0.25) is 0 Å². The maximum absolute atomic E-state index is 10.9. The van der Waals surface area contributed by atoms with Crippen LogP contribution in [0.1, 0.15) is 11.1 Å². The molecule has 15 heavy (non-hydrogen) atoms. The minimum atomic E-state index is 0. The van der Waals surface area contributed by atoms with Crippen LogP contribution in [0.4, 0.5) is 0 Å². The van der Waals surface area contributed by atoms with Crippen molar-refractivity contribution in [2.75, 3.05) is 0 Å². The van der Waals surface area contributed by atoms with Crippen molar-refractivity contribution in [3.63, 3.8) is 0 Å². The van der Waals surface area contributed by atoms with Gasteiger partial charge in [-0.3, -0.25) is 0 Å². The summed E-state index contributed by atoms with van der Waals surface area (Å²) >= 11 is 0. The molecule has 0 heterocycles. The largest absolute Gasteiger partial charge is 1.00 e. The molecule has 0 fully saturated rings. The first kappa shape index (κ1) is 12.3. The molecule has 1 nitrogen and oxygen atoms in total. The Morgan fingerprint density at radius 2 is 1.27 bits per heavy atom. The Bertz CT molecular complexity index is 395. The van der Waals surface area contributed by atoms with Crippen molar-refractivity contribution < 1.29 is 34.7 Å². The van der Waals surface area contributed by atoms with E-state index in [1.807, 2.05) is 30.3 Å². The van der Waals surface area contributed by atoms with E-state index < -0.39 is 0 Å². The van der Waals surface area contributed by atoms with Gasteiger partial charge in [0.25, 0.3) is 0 Å². The SMILES string of the molecule is [Na+].[O-]c1ccc(Cc2ccccc2)cc1. The van der Waals surface area contributed by atoms with Gasteiger partial charge in [0, 0.05) is 0 Å². The molecule has 0 atom stereocenters. The zero-order chi connectivity index (χ0) is 9.80. The Labute approximate surface area is 112 Å². The third-order valence-corrected chi connectivity index (χ3v) is 2.17. The number of benzene rings is 2. The van der Waals surface area contributed by atoms with Gasteiger partial charge >= 0.3 is 29.6 Å². The second-order valence-electron chi connectivity index (χ2n) is 3.31. The zero-order valence-corrected chi connectivity index (χ0v) is 10.8. The molecule has 2 aromatic rings. The van der Waals surface area contributed by atoms with E-state index in [1.165, 1.54) is 11.1 Å². The van der Waals surface area contributed by atoms with Crippen molar-refractivity contribution in [2.45, 2.75) is 6.42 Å². The van der Waals surface area contributed by atoms with Crippen LogP contribution in [0, 0.1) is 0 Å². The minimum absolute atomic E-state index is 0. The van der Waals surface area contributed by atoms with Gasteiger partial charge in [-0.1, -0.05) is 54.6 Å².